The van der Waals surface area contributed by atoms with Crippen LogP contribution in [0.4, 0.5) is 0 Å². The Morgan fingerprint density at radius 2 is 2.33 bits per heavy atom. The van der Waals surface area contributed by atoms with Crippen LogP contribution in [0, 0.1) is 0 Å². The predicted octanol–water partition coefficient (Wildman–Crippen LogP) is 0.578. The Morgan fingerprint density at radius 1 is 1.50 bits per heavy atom. The van der Waals surface area contributed by atoms with Crippen molar-refractivity contribution in [3.05, 3.63) is 5.82 Å². The molecule has 0 atom stereocenters. The Balaban J connectivity index is 2.41. The zero-order chi connectivity index (χ0) is 8.81. The molecule has 0 unspecified atom stereocenters. The maximum absolute atomic E-state index is 5.00. The maximum atomic E-state index is 5.00. The fraction of sp³-hybridized carbons (Fsp3) is 0.714. The molecule has 0 radical (unpaired) electrons. The number of aromatic nitrogens is 2. The monoisotopic (exact) mass is 171 g/mol. The molecule has 0 bridgehead atoms. The normalized spacial score (nSPS) is 10.2. The zero-order valence-electron chi connectivity index (χ0n) is 7.33. The second-order valence-electron chi connectivity index (χ2n) is 2.19. The highest BCUT2D eigenvalue weighted by atomic mass is 16.6. The van der Waals surface area contributed by atoms with Crippen LogP contribution in [0.25, 0.3) is 0 Å². The molecule has 1 aromatic rings. The van der Waals surface area contributed by atoms with Crippen molar-refractivity contribution in [2.24, 2.45) is 0 Å². The highest BCUT2D eigenvalue weighted by Gasteiger charge is 2.04. The van der Waals surface area contributed by atoms with E-state index in [-0.39, 0.29) is 6.08 Å². The summed E-state index contributed by atoms with van der Waals surface area (Å²) >= 11 is 0. The minimum atomic E-state index is 0.241. The highest BCUT2D eigenvalue weighted by Crippen LogP contribution is 2.05. The molecule has 5 nitrogen and oxygen atoms in total. The van der Waals surface area contributed by atoms with Crippen LogP contribution in [0.3, 0.4) is 0 Å². The summed E-state index contributed by atoms with van der Waals surface area (Å²) in [5, 5.41) is 6.78. The minimum Gasteiger partial charge on any atom is -0.449 e. The van der Waals surface area contributed by atoms with Crippen LogP contribution in [0.15, 0.2) is 4.52 Å². The predicted molar refractivity (Wildman–Crippen MR) is 42.8 cm³/mol. The second kappa shape index (κ2) is 4.71. The van der Waals surface area contributed by atoms with Crippen molar-refractivity contribution in [2.45, 2.75) is 20.4 Å². The molecule has 0 amide bonds. The summed E-state index contributed by atoms with van der Waals surface area (Å²) in [7, 11) is 0. The molecule has 1 N–H and O–H groups in total. The van der Waals surface area contributed by atoms with E-state index in [0.717, 1.165) is 6.54 Å². The lowest BCUT2D eigenvalue weighted by Gasteiger charge is -1.92. The van der Waals surface area contributed by atoms with Gasteiger partial charge in [0.05, 0.1) is 13.2 Å². The van der Waals surface area contributed by atoms with Gasteiger partial charge in [-0.25, -0.2) is 0 Å². The summed E-state index contributed by atoms with van der Waals surface area (Å²) in [5.74, 6) is 0.625. The number of nitrogens with one attached hydrogen (secondary N) is 1. The molecule has 12 heavy (non-hydrogen) atoms. The molecule has 5 heteroatoms. The largest absolute Gasteiger partial charge is 0.449 e. The topological polar surface area (TPSA) is 60.2 Å². The average molecular weight is 171 g/mol. The minimum absolute atomic E-state index is 0.241. The van der Waals surface area contributed by atoms with Crippen molar-refractivity contribution in [2.75, 3.05) is 13.2 Å². The third kappa shape index (κ3) is 2.50. The average Bonchev–Trinajstić information content (AvgIpc) is 2.50. The van der Waals surface area contributed by atoms with E-state index in [4.69, 9.17) is 9.26 Å². The van der Waals surface area contributed by atoms with Crippen molar-refractivity contribution in [1.82, 2.24) is 15.5 Å². The molecule has 0 aliphatic heterocycles. The number of rotatable bonds is 5. The van der Waals surface area contributed by atoms with Crippen LogP contribution >= 0.6 is 0 Å². The first-order valence-electron chi connectivity index (χ1n) is 4.03. The zero-order valence-corrected chi connectivity index (χ0v) is 7.33. The van der Waals surface area contributed by atoms with Crippen LogP contribution < -0.4 is 10.1 Å². The lowest BCUT2D eigenvalue weighted by atomic mass is 10.6. The van der Waals surface area contributed by atoms with Crippen LogP contribution in [0.1, 0.15) is 19.7 Å². The van der Waals surface area contributed by atoms with E-state index in [1.165, 1.54) is 0 Å². The molecule has 1 rings (SSSR count). The molecule has 0 aliphatic carbocycles. The smallest absolute Gasteiger partial charge is 0.417 e. The quantitative estimate of drug-likeness (QED) is 0.702. The van der Waals surface area contributed by atoms with E-state index in [1.54, 1.807) is 0 Å². The Morgan fingerprint density at radius 3 is 3.00 bits per heavy atom. The van der Waals surface area contributed by atoms with Gasteiger partial charge in [0.25, 0.3) is 0 Å². The molecule has 0 saturated carbocycles. The van der Waals surface area contributed by atoms with E-state index in [9.17, 15) is 0 Å². The van der Waals surface area contributed by atoms with E-state index in [0.29, 0.717) is 19.0 Å². The number of ether oxygens (including phenoxy) is 1. The van der Waals surface area contributed by atoms with Crippen LogP contribution in [-0.2, 0) is 6.54 Å². The van der Waals surface area contributed by atoms with Gasteiger partial charge in [0.1, 0.15) is 0 Å². The van der Waals surface area contributed by atoms with Gasteiger partial charge in [-0.2, -0.15) is 4.98 Å². The fourth-order valence-corrected chi connectivity index (χ4v) is 0.729. The van der Waals surface area contributed by atoms with Gasteiger partial charge in [0.2, 0.25) is 0 Å². The Hall–Kier alpha value is -1.10. The summed E-state index contributed by atoms with van der Waals surface area (Å²) < 4.78 is 9.78. The van der Waals surface area contributed by atoms with E-state index in [1.807, 2.05) is 13.8 Å². The summed E-state index contributed by atoms with van der Waals surface area (Å²) in [6, 6.07) is 0. The first kappa shape index (κ1) is 8.99. The number of hydrogen-bond donors (Lipinski definition) is 1. The Labute approximate surface area is 71.1 Å². The third-order valence-corrected chi connectivity index (χ3v) is 1.25. The van der Waals surface area contributed by atoms with E-state index in [2.05, 4.69) is 15.5 Å². The van der Waals surface area contributed by atoms with Crippen molar-refractivity contribution in [3.63, 3.8) is 0 Å². The van der Waals surface area contributed by atoms with E-state index >= 15 is 0 Å². The van der Waals surface area contributed by atoms with E-state index < -0.39 is 0 Å². The Kier molecular flexibility index (Phi) is 3.53. The molecule has 0 aromatic carbocycles. The number of nitrogens with zero attached hydrogens (tertiary/aromatic N) is 2. The summed E-state index contributed by atoms with van der Waals surface area (Å²) in [6.45, 7) is 5.94. The summed E-state index contributed by atoms with van der Waals surface area (Å²) in [6.07, 6.45) is 0.241. The Bertz CT molecular complexity index is 224. The second-order valence-corrected chi connectivity index (χ2v) is 2.19. The van der Waals surface area contributed by atoms with Gasteiger partial charge in [-0.1, -0.05) is 12.1 Å². The van der Waals surface area contributed by atoms with Gasteiger partial charge in [0.15, 0.2) is 5.82 Å². The molecule has 0 spiro atoms. The van der Waals surface area contributed by atoms with Crippen molar-refractivity contribution < 1.29 is 9.26 Å². The van der Waals surface area contributed by atoms with Gasteiger partial charge >= 0.3 is 6.08 Å². The molecule has 0 saturated heterocycles. The molecule has 1 aromatic heterocycles. The van der Waals surface area contributed by atoms with Crippen LogP contribution in [-0.4, -0.2) is 23.3 Å². The third-order valence-electron chi connectivity index (χ3n) is 1.25. The SMILES string of the molecule is CCNCc1noc(OCC)n1. The van der Waals surface area contributed by atoms with Gasteiger partial charge < -0.3 is 10.1 Å². The first-order chi connectivity index (χ1) is 5.86. The van der Waals surface area contributed by atoms with Gasteiger partial charge in [-0.3, -0.25) is 4.52 Å². The molecule has 0 aliphatic rings. The first-order valence-corrected chi connectivity index (χ1v) is 4.03. The molecular formula is C7H13N3O2. The van der Waals surface area contributed by atoms with Gasteiger partial charge in [0, 0.05) is 0 Å². The molecular weight excluding hydrogens is 158 g/mol. The van der Waals surface area contributed by atoms with Gasteiger partial charge in [-0.05, 0) is 13.5 Å². The molecule has 68 valence electrons. The summed E-state index contributed by atoms with van der Waals surface area (Å²) in [4.78, 5) is 3.97. The van der Waals surface area contributed by atoms with Crippen molar-refractivity contribution in [1.29, 1.82) is 0 Å². The fourth-order valence-electron chi connectivity index (χ4n) is 0.729. The summed E-state index contributed by atoms with van der Waals surface area (Å²) in [5.41, 5.74) is 0. The van der Waals surface area contributed by atoms with Crippen LogP contribution in [0.5, 0.6) is 6.08 Å². The number of hydrogen-bond acceptors (Lipinski definition) is 5. The van der Waals surface area contributed by atoms with Crippen molar-refractivity contribution >= 4 is 0 Å². The lowest BCUT2D eigenvalue weighted by Crippen LogP contribution is -2.12. The molecule has 1 heterocycles. The van der Waals surface area contributed by atoms with Crippen molar-refractivity contribution in [3.8, 4) is 6.08 Å². The van der Waals surface area contributed by atoms with Gasteiger partial charge in [-0.15, -0.1) is 0 Å². The maximum Gasteiger partial charge on any atom is 0.417 e. The highest BCUT2D eigenvalue weighted by molar-refractivity contribution is 4.89. The van der Waals surface area contributed by atoms with Crippen LogP contribution in [0.2, 0.25) is 0 Å². The molecule has 0 fully saturated rings. The standard InChI is InChI=1S/C7H13N3O2/c1-3-8-5-6-9-7(11-4-2)12-10-6/h8H,3-5H2,1-2H3. The lowest BCUT2D eigenvalue weighted by molar-refractivity contribution is 0.215.